The number of carbonyl (C=O) groups is 2. The molecular weight excluding hydrogens is 585 g/mol. The quantitative estimate of drug-likeness (QED) is 0.382. The maximum Gasteiger partial charge on any atom is 1.00 e. The molecule has 0 radical (unpaired) electrons. The van der Waals surface area contributed by atoms with Crippen molar-refractivity contribution in [2.24, 2.45) is 0 Å². The smallest absolute Gasteiger partial charge is 0.870 e. The van der Waals surface area contributed by atoms with Crippen LogP contribution in [0, 0.1) is 0 Å². The van der Waals surface area contributed by atoms with Gasteiger partial charge in [0.25, 0.3) is 11.8 Å². The van der Waals surface area contributed by atoms with Crippen molar-refractivity contribution in [1.82, 2.24) is 10.6 Å². The van der Waals surface area contributed by atoms with Crippen LogP contribution in [0.25, 0.3) is 11.1 Å². The van der Waals surface area contributed by atoms with Gasteiger partial charge in [0.1, 0.15) is 11.5 Å². The minimum Gasteiger partial charge on any atom is -0.870 e. The Kier molecular flexibility index (Phi) is 12.1. The predicted octanol–water partition coefficient (Wildman–Crippen LogP) is 3.95. The SMILES string of the molecule is CC1(C)CC(O)=C(c2ccc(Cl)cc2Cl)C(=O)N1.CC1(C)CC(O)=C(c2ccc(Cl)cc2Cl)C(=O)N1.[Na+].[OH-]. The van der Waals surface area contributed by atoms with E-state index in [1.807, 2.05) is 27.7 Å². The third-order valence-electron chi connectivity index (χ3n) is 5.55. The van der Waals surface area contributed by atoms with Crippen LogP contribution >= 0.6 is 46.4 Å². The molecule has 0 bridgehead atoms. The summed E-state index contributed by atoms with van der Waals surface area (Å²) < 4.78 is 0. The first-order chi connectivity index (χ1) is 16.6. The van der Waals surface area contributed by atoms with Crippen molar-refractivity contribution in [1.29, 1.82) is 0 Å². The van der Waals surface area contributed by atoms with E-state index in [4.69, 9.17) is 46.4 Å². The first-order valence-electron chi connectivity index (χ1n) is 11.0. The Bertz CT molecular complexity index is 1210. The summed E-state index contributed by atoms with van der Waals surface area (Å²) in [6, 6.07) is 9.63. The average Bonchev–Trinajstić information content (AvgIpc) is 2.69. The van der Waals surface area contributed by atoms with Crippen molar-refractivity contribution in [3.8, 4) is 0 Å². The number of carbonyl (C=O) groups excluding carboxylic acids is 2. The summed E-state index contributed by atoms with van der Waals surface area (Å²) in [7, 11) is 0. The molecule has 0 fully saturated rings. The molecule has 0 aromatic heterocycles. The van der Waals surface area contributed by atoms with Crippen molar-refractivity contribution in [3.63, 3.8) is 0 Å². The van der Waals surface area contributed by atoms with Crippen molar-refractivity contribution < 1.29 is 54.8 Å². The van der Waals surface area contributed by atoms with Gasteiger partial charge in [0.05, 0.1) is 21.2 Å². The summed E-state index contributed by atoms with van der Waals surface area (Å²) in [5.41, 5.74) is 0.512. The van der Waals surface area contributed by atoms with E-state index in [-0.39, 0.29) is 69.5 Å². The van der Waals surface area contributed by atoms with Gasteiger partial charge in [-0.05, 0) is 52.0 Å². The van der Waals surface area contributed by atoms with E-state index < -0.39 is 11.1 Å². The molecule has 12 heteroatoms. The van der Waals surface area contributed by atoms with Crippen LogP contribution in [0.2, 0.25) is 20.1 Å². The zero-order chi connectivity index (χ0) is 27.0. The van der Waals surface area contributed by atoms with Crippen LogP contribution in [0.4, 0.5) is 0 Å². The van der Waals surface area contributed by atoms with Crippen LogP contribution in [0.5, 0.6) is 0 Å². The van der Waals surface area contributed by atoms with Crippen molar-refractivity contribution in [3.05, 3.63) is 79.1 Å². The zero-order valence-corrected chi connectivity index (χ0v) is 26.6. The Morgan fingerprint density at radius 1 is 0.684 bits per heavy atom. The van der Waals surface area contributed by atoms with E-state index in [0.717, 1.165) is 0 Å². The number of amides is 2. The van der Waals surface area contributed by atoms with Crippen LogP contribution in [-0.4, -0.2) is 38.6 Å². The van der Waals surface area contributed by atoms with Gasteiger partial charge in [-0.25, -0.2) is 0 Å². The Morgan fingerprint density at radius 3 is 1.26 bits per heavy atom. The normalized spacial score (nSPS) is 17.8. The molecule has 2 aromatic rings. The molecule has 2 aliphatic heterocycles. The number of aliphatic hydroxyl groups is 2. The van der Waals surface area contributed by atoms with Gasteiger partial charge in [-0.15, -0.1) is 0 Å². The first kappa shape index (κ1) is 34.6. The summed E-state index contributed by atoms with van der Waals surface area (Å²) in [5, 5.41) is 27.4. The van der Waals surface area contributed by atoms with Crippen LogP contribution in [0.15, 0.2) is 47.9 Å². The Morgan fingerprint density at radius 2 is 1.00 bits per heavy atom. The molecule has 7 nitrogen and oxygen atoms in total. The van der Waals surface area contributed by atoms with Gasteiger partial charge in [0.15, 0.2) is 0 Å². The number of halogens is 4. The Balaban J connectivity index is 0.000000361. The van der Waals surface area contributed by atoms with Gasteiger partial charge in [0.2, 0.25) is 0 Å². The fourth-order valence-electron chi connectivity index (χ4n) is 4.04. The average molecular weight is 612 g/mol. The minimum absolute atomic E-state index is 0. The van der Waals surface area contributed by atoms with E-state index in [9.17, 15) is 19.8 Å². The zero-order valence-electron chi connectivity index (χ0n) is 21.5. The maximum atomic E-state index is 12.0. The molecule has 2 aliphatic rings. The third kappa shape index (κ3) is 8.29. The van der Waals surface area contributed by atoms with E-state index in [2.05, 4.69) is 10.6 Å². The molecule has 0 atom stereocenters. The molecule has 38 heavy (non-hydrogen) atoms. The van der Waals surface area contributed by atoms with Crippen LogP contribution in [0.3, 0.4) is 0 Å². The largest absolute Gasteiger partial charge is 1.00 e. The number of nitrogens with one attached hydrogen (secondary N) is 2. The summed E-state index contributed by atoms with van der Waals surface area (Å²) >= 11 is 23.7. The topological polar surface area (TPSA) is 129 Å². The number of hydrogen-bond acceptors (Lipinski definition) is 5. The summed E-state index contributed by atoms with van der Waals surface area (Å²) in [6.45, 7) is 7.39. The monoisotopic (exact) mass is 610 g/mol. The molecule has 0 spiro atoms. The third-order valence-corrected chi connectivity index (χ3v) is 6.65. The van der Waals surface area contributed by atoms with Gasteiger partial charge < -0.3 is 26.3 Å². The fourth-order valence-corrected chi connectivity index (χ4v) is 5.05. The van der Waals surface area contributed by atoms with E-state index in [1.54, 1.807) is 36.4 Å². The summed E-state index contributed by atoms with van der Waals surface area (Å²) in [5.74, 6) is -0.554. The Labute approximate surface area is 263 Å². The molecule has 5 N–H and O–H groups in total. The molecule has 2 heterocycles. The molecule has 2 amide bonds. The van der Waals surface area contributed by atoms with Crippen LogP contribution < -0.4 is 40.2 Å². The molecular formula is C26H27Cl4N2NaO5. The number of benzene rings is 2. The maximum absolute atomic E-state index is 12.0. The minimum atomic E-state index is -0.455. The molecule has 0 saturated carbocycles. The molecule has 0 saturated heterocycles. The molecule has 4 rings (SSSR count). The van der Waals surface area contributed by atoms with E-state index in [0.29, 0.717) is 44.1 Å². The summed E-state index contributed by atoms with van der Waals surface area (Å²) in [4.78, 5) is 24.1. The van der Waals surface area contributed by atoms with Crippen LogP contribution in [-0.2, 0) is 9.59 Å². The molecule has 0 aliphatic carbocycles. The van der Waals surface area contributed by atoms with Gasteiger partial charge in [0, 0.05) is 45.1 Å². The molecule has 200 valence electrons. The van der Waals surface area contributed by atoms with E-state index in [1.165, 1.54) is 0 Å². The van der Waals surface area contributed by atoms with Gasteiger partial charge >= 0.3 is 29.6 Å². The van der Waals surface area contributed by atoms with Crippen molar-refractivity contribution in [2.45, 2.75) is 51.6 Å². The van der Waals surface area contributed by atoms with Crippen molar-refractivity contribution >= 4 is 69.4 Å². The summed E-state index contributed by atoms with van der Waals surface area (Å²) in [6.07, 6.45) is 0.736. The van der Waals surface area contributed by atoms with E-state index >= 15 is 0 Å². The second-order valence-corrected chi connectivity index (χ2v) is 11.6. The number of rotatable bonds is 2. The first-order valence-corrected chi connectivity index (χ1v) is 12.5. The molecule has 0 unspecified atom stereocenters. The van der Waals surface area contributed by atoms with Gasteiger partial charge in [-0.3, -0.25) is 9.59 Å². The van der Waals surface area contributed by atoms with Gasteiger partial charge in [-0.1, -0.05) is 58.5 Å². The van der Waals surface area contributed by atoms with Crippen molar-refractivity contribution in [2.75, 3.05) is 0 Å². The predicted molar refractivity (Wildman–Crippen MR) is 148 cm³/mol. The second kappa shape index (κ2) is 13.3. The standard InChI is InChI=1S/2C13H13Cl2NO2.Na.H2O/c2*1-13(2)6-10(17)11(12(18)16-13)8-4-3-7(14)5-9(8)15;;/h2*3-5,17H,6H2,1-2H3,(H,16,18);;1H2/q;;+1;/p-1. The number of hydrogen-bond donors (Lipinski definition) is 4. The number of aliphatic hydroxyl groups excluding tert-OH is 2. The fraction of sp³-hybridized carbons (Fsp3) is 0.308. The second-order valence-electron chi connectivity index (χ2n) is 9.92. The van der Waals surface area contributed by atoms with Crippen LogP contribution in [0.1, 0.15) is 51.7 Å². The Hall–Kier alpha value is -1.42. The van der Waals surface area contributed by atoms with Gasteiger partial charge in [-0.2, -0.15) is 0 Å². The molecule has 2 aromatic carbocycles.